The fourth-order valence-electron chi connectivity index (χ4n) is 0.683. The van der Waals surface area contributed by atoms with E-state index in [2.05, 4.69) is 21.1 Å². The maximum absolute atomic E-state index is 10.9. The summed E-state index contributed by atoms with van der Waals surface area (Å²) in [6.45, 7) is 0. The van der Waals surface area contributed by atoms with Gasteiger partial charge in [0.1, 0.15) is 0 Å². The van der Waals surface area contributed by atoms with E-state index in [1.54, 1.807) is 0 Å². The molecule has 1 aromatic rings. The molecule has 0 aliphatic carbocycles. The van der Waals surface area contributed by atoms with Crippen LogP contribution in [-0.4, -0.2) is 31.9 Å². The molecule has 1 aromatic heterocycles. The SMILES string of the molecule is [CH2-]n1c(=O)n([CH2-])c(=O)n([CH2-])c1=O.[N-]=C=O.[N-]=C=O.[N-]=C=O.[Re].[Re].[Re]. The molecule has 0 amide bonds. The molecule has 0 aliphatic heterocycles. The van der Waals surface area contributed by atoms with Crippen LogP contribution in [0, 0.1) is 21.1 Å². The molecular weight excluding hydrogens is 847 g/mol. The van der Waals surface area contributed by atoms with Crippen molar-refractivity contribution >= 4 is 18.2 Å². The Balaban J connectivity index is -0.0000000579. The van der Waals surface area contributed by atoms with Crippen molar-refractivity contribution in [2.24, 2.45) is 0 Å². The van der Waals surface area contributed by atoms with Crippen LogP contribution in [0.3, 0.4) is 0 Å². The summed E-state index contributed by atoms with van der Waals surface area (Å²) in [5.74, 6) is 0. The molecule has 0 N–H and O–H groups in total. The summed E-state index contributed by atoms with van der Waals surface area (Å²) in [7, 11) is 9.34. The Morgan fingerprint density at radius 3 is 0.750 bits per heavy atom. The van der Waals surface area contributed by atoms with Gasteiger partial charge in [0.15, 0.2) is 0 Å². The number of hydrogen-bond acceptors (Lipinski definition) is 6. The smallest absolute Gasteiger partial charge is 0.205 e. The third-order valence-electron chi connectivity index (χ3n) is 1.39. The Labute approximate surface area is 175 Å². The fourth-order valence-corrected chi connectivity index (χ4v) is 0.683. The molecule has 0 atom stereocenters. The van der Waals surface area contributed by atoms with Crippen LogP contribution in [0.4, 0.5) is 0 Å². The number of nitrogens with zero attached hydrogens (tertiary/aromatic N) is 6. The van der Waals surface area contributed by atoms with E-state index in [0.29, 0.717) is 31.9 Å². The van der Waals surface area contributed by atoms with Crippen LogP contribution in [0.1, 0.15) is 0 Å². The van der Waals surface area contributed by atoms with Crippen molar-refractivity contribution in [2.45, 2.75) is 0 Å². The Morgan fingerprint density at radius 1 is 0.583 bits per heavy atom. The first-order chi connectivity index (χ1) is 9.71. The molecule has 0 unspecified atom stereocenters. The van der Waals surface area contributed by atoms with E-state index in [-0.39, 0.29) is 61.3 Å². The third-order valence-corrected chi connectivity index (χ3v) is 1.39. The first kappa shape index (κ1) is 38.0. The summed E-state index contributed by atoms with van der Waals surface area (Å²) in [4.78, 5) is 57.5. The van der Waals surface area contributed by atoms with Crippen LogP contribution >= 0.6 is 0 Å². The van der Waals surface area contributed by atoms with E-state index in [4.69, 9.17) is 30.6 Å². The van der Waals surface area contributed by atoms with Gasteiger partial charge in [-0.05, 0) is 18.2 Å². The van der Waals surface area contributed by atoms with Crippen LogP contribution in [0.25, 0.3) is 16.2 Å². The van der Waals surface area contributed by atoms with Gasteiger partial charge in [-0.2, -0.15) is 0 Å². The summed E-state index contributed by atoms with van der Waals surface area (Å²) in [5.41, 5.74) is -2.61. The molecule has 1 rings (SSSR count). The Kier molecular flexibility index (Phi) is 37.1. The summed E-state index contributed by atoms with van der Waals surface area (Å²) in [5, 5.41) is 20.3. The van der Waals surface area contributed by atoms with Gasteiger partial charge >= 0.3 is 0 Å². The van der Waals surface area contributed by atoms with Gasteiger partial charge in [0.2, 0.25) is 17.1 Å². The monoisotopic (exact) mass is 855 g/mol. The normalized spacial score (nSPS) is 6.00. The predicted octanol–water partition coefficient (Wildman–Crippen LogP) is -2.24. The molecular formula is C9H6N6O6Re3-6. The van der Waals surface area contributed by atoms with Crippen molar-refractivity contribution in [3.05, 3.63) is 68.8 Å². The molecule has 0 fully saturated rings. The van der Waals surface area contributed by atoms with Crippen LogP contribution in [0.2, 0.25) is 0 Å². The maximum Gasteiger partial charge on any atom is 0.205 e. The van der Waals surface area contributed by atoms with E-state index < -0.39 is 17.1 Å². The zero-order valence-corrected chi connectivity index (χ0v) is 19.5. The first-order valence-corrected chi connectivity index (χ1v) is 4.19. The molecule has 15 heteroatoms. The maximum atomic E-state index is 10.9. The third kappa shape index (κ3) is 15.1. The number of aromatic nitrogens is 3. The largest absolute Gasteiger partial charge is 0.724 e. The first-order valence-electron chi connectivity index (χ1n) is 4.19. The molecule has 1 heterocycles. The van der Waals surface area contributed by atoms with Crippen molar-refractivity contribution in [3.8, 4) is 0 Å². The number of carbonyl (C=O) groups excluding carboxylic acids is 3. The van der Waals surface area contributed by atoms with Crippen LogP contribution in [-0.2, 0) is 75.7 Å². The van der Waals surface area contributed by atoms with Gasteiger partial charge in [-0.15, -0.1) is 21.1 Å². The van der Waals surface area contributed by atoms with Gasteiger partial charge < -0.3 is 44.3 Å². The van der Waals surface area contributed by atoms with Gasteiger partial charge in [-0.25, -0.2) is 0 Å². The van der Waals surface area contributed by atoms with Gasteiger partial charge in [-0.1, -0.05) is 0 Å². The van der Waals surface area contributed by atoms with Crippen molar-refractivity contribution in [1.29, 1.82) is 0 Å². The van der Waals surface area contributed by atoms with E-state index >= 15 is 0 Å². The summed E-state index contributed by atoms with van der Waals surface area (Å²) in [6, 6.07) is 0. The van der Waals surface area contributed by atoms with Crippen molar-refractivity contribution < 1.29 is 75.7 Å². The summed E-state index contributed by atoms with van der Waals surface area (Å²) < 4.78 is 1.50. The Bertz CT molecular complexity index is 603. The molecule has 0 saturated heterocycles. The quantitative estimate of drug-likeness (QED) is 0.162. The molecule has 0 aromatic carbocycles. The van der Waals surface area contributed by atoms with Gasteiger partial charge in [0.25, 0.3) is 0 Å². The summed E-state index contributed by atoms with van der Waals surface area (Å²) in [6.07, 6.45) is 1.50. The topological polar surface area (TPSA) is 184 Å². The zero-order chi connectivity index (χ0) is 17.6. The van der Waals surface area contributed by atoms with Crippen molar-refractivity contribution in [1.82, 2.24) is 13.7 Å². The van der Waals surface area contributed by atoms with Gasteiger partial charge in [0, 0.05) is 61.3 Å². The van der Waals surface area contributed by atoms with E-state index in [9.17, 15) is 14.4 Å². The van der Waals surface area contributed by atoms with Crippen LogP contribution in [0.15, 0.2) is 14.4 Å². The van der Waals surface area contributed by atoms with Crippen LogP contribution < -0.4 is 17.1 Å². The molecule has 0 spiro atoms. The molecule has 0 bridgehead atoms. The number of rotatable bonds is 0. The number of hydrogen-bond donors (Lipinski definition) is 0. The van der Waals surface area contributed by atoms with E-state index in [0.717, 1.165) is 0 Å². The zero-order valence-electron chi connectivity index (χ0n) is 11.4. The van der Waals surface area contributed by atoms with Crippen LogP contribution in [0.5, 0.6) is 0 Å². The van der Waals surface area contributed by atoms with Gasteiger partial charge in [0.05, 0.1) is 0 Å². The second-order valence-corrected chi connectivity index (χ2v) is 2.41. The fraction of sp³-hybridized carbons (Fsp3) is 0. The van der Waals surface area contributed by atoms with E-state index in [1.807, 2.05) is 0 Å². The molecule has 0 aliphatic rings. The molecule has 0 saturated carbocycles. The summed E-state index contributed by atoms with van der Waals surface area (Å²) >= 11 is 0. The second kappa shape index (κ2) is 23.4. The van der Waals surface area contributed by atoms with Crippen molar-refractivity contribution in [2.75, 3.05) is 0 Å². The minimum atomic E-state index is -0.870. The minimum Gasteiger partial charge on any atom is -0.724 e. The van der Waals surface area contributed by atoms with Gasteiger partial charge in [-0.3, -0.25) is 14.4 Å². The minimum absolute atomic E-state index is 0. The van der Waals surface area contributed by atoms with Crippen molar-refractivity contribution in [3.63, 3.8) is 0 Å². The Hall–Kier alpha value is -1.85. The van der Waals surface area contributed by atoms with E-state index in [1.165, 1.54) is 0 Å². The second-order valence-electron chi connectivity index (χ2n) is 2.41. The molecule has 135 valence electrons. The average Bonchev–Trinajstić information content (AvgIpc) is 2.44. The predicted molar refractivity (Wildman–Crippen MR) is 68.6 cm³/mol. The molecule has 3 radical (unpaired) electrons. The standard InChI is InChI=1S/C6H6N3O3.3CNO.3Re/c1-7-4(10)8(2)6(12)9(3)5(7)11;3*2-1-3;;;/h1-3H2;;;;;;/q-3;3*-1;;;. The Morgan fingerprint density at radius 2 is 0.667 bits per heavy atom. The molecule has 24 heavy (non-hydrogen) atoms. The molecule has 12 nitrogen and oxygen atoms in total. The number of isocyanates is 3. The average molecular weight is 853 g/mol.